The predicted octanol–water partition coefficient (Wildman–Crippen LogP) is 5.45. The van der Waals surface area contributed by atoms with Crippen molar-refractivity contribution in [2.24, 2.45) is 5.92 Å². The highest BCUT2D eigenvalue weighted by Crippen LogP contribution is 2.33. The number of hydrogen-bond acceptors (Lipinski definition) is 5. The molecule has 7 nitrogen and oxygen atoms in total. The lowest BCUT2D eigenvalue weighted by atomic mass is 9.87. The van der Waals surface area contributed by atoms with Gasteiger partial charge in [-0.25, -0.2) is 0 Å². The number of ether oxygens (including phenoxy) is 1. The Hall–Kier alpha value is -3.32. The Kier molecular flexibility index (Phi) is 9.33. The molecule has 2 aromatic rings. The fourth-order valence-electron chi connectivity index (χ4n) is 5.61. The van der Waals surface area contributed by atoms with Gasteiger partial charge < -0.3 is 10.1 Å². The lowest BCUT2D eigenvalue weighted by molar-refractivity contribution is -0.140. The normalized spacial score (nSPS) is 20.7. The summed E-state index contributed by atoms with van der Waals surface area (Å²) < 4.78 is 5.76. The van der Waals surface area contributed by atoms with Crippen molar-refractivity contribution in [1.82, 2.24) is 10.3 Å². The quantitative estimate of drug-likeness (QED) is 0.343. The first-order valence-electron chi connectivity index (χ1n) is 14.1. The Morgan fingerprint density at radius 1 is 1.10 bits per heavy atom. The molecule has 2 aliphatic rings. The van der Waals surface area contributed by atoms with Gasteiger partial charge in [-0.3, -0.25) is 24.3 Å². The number of Topliss-reactive ketones (excluding diaryl/α,β-unsaturated/α-hetero) is 1. The summed E-state index contributed by atoms with van der Waals surface area (Å²) in [4.78, 5) is 47.5. The molecule has 2 fully saturated rings. The number of carbonyl (C=O) groups excluding carboxylic acids is 3. The van der Waals surface area contributed by atoms with Gasteiger partial charge in [0.05, 0.1) is 12.0 Å². The van der Waals surface area contributed by atoms with E-state index in [0.717, 1.165) is 37.7 Å². The molecule has 3 atom stereocenters. The molecule has 1 aromatic heterocycles. The fraction of sp³-hybridized carbons (Fsp3) is 0.500. The third kappa shape index (κ3) is 6.82. The monoisotopic (exact) mass is 531 g/mol. The molecule has 1 aliphatic carbocycles. The van der Waals surface area contributed by atoms with Gasteiger partial charge in [0.25, 0.3) is 5.91 Å². The molecular weight excluding hydrogens is 490 g/mol. The van der Waals surface area contributed by atoms with Crippen molar-refractivity contribution >= 4 is 23.3 Å². The number of ketones is 1. The number of carbonyl (C=O) groups is 3. The van der Waals surface area contributed by atoms with E-state index in [0.29, 0.717) is 30.7 Å². The Balaban J connectivity index is 1.76. The number of nitrogens with zero attached hydrogens (tertiary/aromatic N) is 2. The first-order valence-corrected chi connectivity index (χ1v) is 14.1. The smallest absolute Gasteiger partial charge is 0.295 e. The summed E-state index contributed by atoms with van der Waals surface area (Å²) in [5.41, 5.74) is 2.04. The maximum atomic E-state index is 14.2. The number of hydrogen-bond donors (Lipinski definition) is 1. The Morgan fingerprint density at radius 2 is 1.82 bits per heavy atom. The zero-order valence-electron chi connectivity index (χ0n) is 23.4. The number of nitrogens with one attached hydrogen (secondary N) is 1. The first kappa shape index (κ1) is 28.7. The summed E-state index contributed by atoms with van der Waals surface area (Å²) in [6.45, 7) is 10.5. The van der Waals surface area contributed by atoms with Crippen molar-refractivity contribution in [1.29, 1.82) is 0 Å². The summed E-state index contributed by atoms with van der Waals surface area (Å²) in [5.74, 6) is -2.14. The van der Waals surface area contributed by atoms with E-state index in [9.17, 15) is 14.4 Å². The van der Waals surface area contributed by atoms with Gasteiger partial charge >= 0.3 is 0 Å². The van der Waals surface area contributed by atoms with Crippen LogP contribution >= 0.6 is 0 Å². The van der Waals surface area contributed by atoms with Crippen LogP contribution in [0.25, 0.3) is 0 Å². The minimum absolute atomic E-state index is 0.0431. The van der Waals surface area contributed by atoms with E-state index >= 15 is 0 Å². The van der Waals surface area contributed by atoms with E-state index in [1.54, 1.807) is 30.6 Å². The SMILES string of the molecule is C=CCC1OCCC1C(=O)C(=O)N(c1ccc(C(C)(C)C)cc1)C(C(=O)NC1CCCCC1)c1cccnc1. The molecule has 0 radical (unpaired) electrons. The molecule has 1 aromatic carbocycles. The average molecular weight is 532 g/mol. The van der Waals surface area contributed by atoms with E-state index in [2.05, 4.69) is 37.7 Å². The van der Waals surface area contributed by atoms with Crippen molar-refractivity contribution in [3.05, 3.63) is 72.6 Å². The van der Waals surface area contributed by atoms with Crippen molar-refractivity contribution in [2.45, 2.75) is 89.3 Å². The Labute approximate surface area is 232 Å². The van der Waals surface area contributed by atoms with E-state index in [1.807, 2.05) is 24.3 Å². The maximum absolute atomic E-state index is 14.2. The number of rotatable bonds is 9. The van der Waals surface area contributed by atoms with Crippen LogP contribution in [0.3, 0.4) is 0 Å². The third-order valence-electron chi connectivity index (χ3n) is 7.84. The van der Waals surface area contributed by atoms with Gasteiger partial charge in [-0.1, -0.05) is 64.3 Å². The minimum Gasteiger partial charge on any atom is -0.377 e. The van der Waals surface area contributed by atoms with E-state index in [-0.39, 0.29) is 17.4 Å². The minimum atomic E-state index is -1.04. The van der Waals surface area contributed by atoms with Crippen LogP contribution in [0.4, 0.5) is 5.69 Å². The molecule has 1 saturated heterocycles. The largest absolute Gasteiger partial charge is 0.377 e. The summed E-state index contributed by atoms with van der Waals surface area (Å²) in [5, 5.41) is 3.19. The highest BCUT2D eigenvalue weighted by Gasteiger charge is 2.42. The van der Waals surface area contributed by atoms with Crippen LogP contribution in [0.1, 0.15) is 82.9 Å². The second-order valence-corrected chi connectivity index (χ2v) is 11.7. The van der Waals surface area contributed by atoms with E-state index in [4.69, 9.17) is 4.74 Å². The van der Waals surface area contributed by atoms with Gasteiger partial charge in [0.2, 0.25) is 11.7 Å². The first-order chi connectivity index (χ1) is 18.7. The van der Waals surface area contributed by atoms with Crippen molar-refractivity contribution in [3.63, 3.8) is 0 Å². The van der Waals surface area contributed by atoms with Crippen LogP contribution in [0, 0.1) is 5.92 Å². The molecular formula is C32H41N3O4. The molecule has 3 unspecified atom stereocenters. The van der Waals surface area contributed by atoms with Crippen molar-refractivity contribution < 1.29 is 19.1 Å². The van der Waals surface area contributed by atoms with Gasteiger partial charge in [-0.15, -0.1) is 6.58 Å². The van der Waals surface area contributed by atoms with E-state index < -0.39 is 29.8 Å². The third-order valence-corrected chi connectivity index (χ3v) is 7.84. The molecule has 39 heavy (non-hydrogen) atoms. The molecule has 0 bridgehead atoms. The maximum Gasteiger partial charge on any atom is 0.295 e. The molecule has 1 saturated carbocycles. The second kappa shape index (κ2) is 12.7. The van der Waals surface area contributed by atoms with Crippen molar-refractivity contribution in [2.75, 3.05) is 11.5 Å². The molecule has 208 valence electrons. The lowest BCUT2D eigenvalue weighted by Gasteiger charge is -2.34. The zero-order chi connectivity index (χ0) is 28.0. The van der Waals surface area contributed by atoms with Gasteiger partial charge in [0.15, 0.2) is 0 Å². The number of aromatic nitrogens is 1. The van der Waals surface area contributed by atoms with Crippen LogP contribution in [-0.4, -0.2) is 41.3 Å². The molecule has 2 amide bonds. The summed E-state index contributed by atoms with van der Waals surface area (Å²) >= 11 is 0. The highest BCUT2D eigenvalue weighted by molar-refractivity contribution is 6.42. The lowest BCUT2D eigenvalue weighted by Crippen LogP contribution is -2.50. The van der Waals surface area contributed by atoms with Crippen molar-refractivity contribution in [3.8, 4) is 0 Å². The molecule has 4 rings (SSSR count). The standard InChI is InChI=1S/C32H41N3O4/c1-5-10-27-26(18-20-39-27)29(36)31(38)35(25-16-14-23(15-17-25)32(2,3)4)28(22-11-9-19-33-21-22)30(37)34-24-12-7-6-8-13-24/h5,9,11,14-17,19,21,24,26-28H,1,6-8,10,12-13,18,20H2,2-4H3,(H,34,37). The fourth-order valence-corrected chi connectivity index (χ4v) is 5.61. The Morgan fingerprint density at radius 3 is 2.44 bits per heavy atom. The summed E-state index contributed by atoms with van der Waals surface area (Å²) in [6, 6.07) is 10.1. The van der Waals surface area contributed by atoms with Gasteiger partial charge in [-0.2, -0.15) is 0 Å². The molecule has 1 N–H and O–H groups in total. The average Bonchev–Trinajstić information content (AvgIpc) is 3.40. The molecule has 0 spiro atoms. The summed E-state index contributed by atoms with van der Waals surface area (Å²) in [6.07, 6.45) is 10.6. The topological polar surface area (TPSA) is 88.6 Å². The van der Waals surface area contributed by atoms with E-state index in [1.165, 1.54) is 4.90 Å². The molecule has 2 heterocycles. The van der Waals surface area contributed by atoms with Gasteiger partial charge in [0, 0.05) is 36.3 Å². The molecule has 1 aliphatic heterocycles. The zero-order valence-corrected chi connectivity index (χ0v) is 23.4. The predicted molar refractivity (Wildman–Crippen MR) is 152 cm³/mol. The van der Waals surface area contributed by atoms with Crippen LogP contribution in [-0.2, 0) is 24.5 Å². The van der Waals surface area contributed by atoms with Crippen LogP contribution < -0.4 is 10.2 Å². The number of benzene rings is 1. The van der Waals surface area contributed by atoms with Crippen LogP contribution in [0.5, 0.6) is 0 Å². The number of anilines is 1. The Bertz CT molecular complexity index is 1150. The molecule has 7 heteroatoms. The second-order valence-electron chi connectivity index (χ2n) is 11.7. The van der Waals surface area contributed by atoms with Gasteiger partial charge in [0.1, 0.15) is 6.04 Å². The number of amides is 2. The highest BCUT2D eigenvalue weighted by atomic mass is 16.5. The summed E-state index contributed by atoms with van der Waals surface area (Å²) in [7, 11) is 0. The number of pyridine rings is 1. The van der Waals surface area contributed by atoms with Crippen LogP contribution in [0.2, 0.25) is 0 Å². The van der Waals surface area contributed by atoms with Gasteiger partial charge in [-0.05, 0) is 54.9 Å². The van der Waals surface area contributed by atoms with Crippen LogP contribution in [0.15, 0.2) is 61.4 Å².